The highest BCUT2D eigenvalue weighted by Crippen LogP contribution is 2.24. The lowest BCUT2D eigenvalue weighted by molar-refractivity contribution is 0.0989. The number of carbonyl (C=O) groups is 1. The van der Waals surface area contributed by atoms with Gasteiger partial charge in [0.05, 0.1) is 11.1 Å². The maximum absolute atomic E-state index is 13.5. The number of para-hydroxylation sites is 1. The summed E-state index contributed by atoms with van der Waals surface area (Å²) < 4.78 is 26.7. The van der Waals surface area contributed by atoms with E-state index in [2.05, 4.69) is 4.98 Å². The Morgan fingerprint density at radius 1 is 1.08 bits per heavy atom. The average molecular weight is 326 g/mol. The van der Waals surface area contributed by atoms with Gasteiger partial charge in [0.25, 0.3) is 5.91 Å². The number of hydrogen-bond acceptors (Lipinski definition) is 2. The number of fused-ring (bicyclic) bond motifs is 1. The lowest BCUT2D eigenvalue weighted by atomic mass is 10.1. The fraction of sp³-hybridized carbons (Fsp3) is 0.158. The van der Waals surface area contributed by atoms with Gasteiger partial charge >= 0.3 is 0 Å². The van der Waals surface area contributed by atoms with Crippen LogP contribution in [0.15, 0.2) is 48.5 Å². The first-order chi connectivity index (χ1) is 11.5. The number of aromatic nitrogens is 1. The average Bonchev–Trinajstić information content (AvgIpc) is 2.57. The maximum atomic E-state index is 13.5. The first-order valence-corrected chi connectivity index (χ1v) is 7.64. The first kappa shape index (κ1) is 16.1. The second-order valence-electron chi connectivity index (χ2n) is 5.48. The number of halogens is 2. The number of nitrogens with zero attached hydrogens (tertiary/aromatic N) is 2. The van der Waals surface area contributed by atoms with Crippen LogP contribution in [0, 0.1) is 18.6 Å². The molecule has 1 heterocycles. The fourth-order valence-electron chi connectivity index (χ4n) is 2.73. The molecule has 1 amide bonds. The van der Waals surface area contributed by atoms with E-state index >= 15 is 0 Å². The van der Waals surface area contributed by atoms with Crippen LogP contribution < -0.4 is 4.90 Å². The third-order valence-electron chi connectivity index (χ3n) is 3.85. The molecule has 0 bridgehead atoms. The Hall–Kier alpha value is -2.82. The van der Waals surface area contributed by atoms with Crippen molar-refractivity contribution >= 4 is 22.5 Å². The van der Waals surface area contributed by atoms with Gasteiger partial charge in [0, 0.05) is 29.4 Å². The maximum Gasteiger partial charge on any atom is 0.259 e. The van der Waals surface area contributed by atoms with Crippen LogP contribution in [-0.2, 0) is 0 Å². The number of carbonyl (C=O) groups excluding carboxylic acids is 1. The lowest BCUT2D eigenvalue weighted by Gasteiger charge is -2.22. The van der Waals surface area contributed by atoms with Crippen molar-refractivity contribution in [3.63, 3.8) is 0 Å². The first-order valence-electron chi connectivity index (χ1n) is 7.64. The van der Waals surface area contributed by atoms with E-state index in [0.717, 1.165) is 28.7 Å². The number of rotatable bonds is 3. The number of aryl methyl sites for hydroxylation is 1. The summed E-state index contributed by atoms with van der Waals surface area (Å²) >= 11 is 0. The van der Waals surface area contributed by atoms with Crippen LogP contribution in [0.25, 0.3) is 10.9 Å². The Morgan fingerprint density at radius 2 is 1.83 bits per heavy atom. The summed E-state index contributed by atoms with van der Waals surface area (Å²) in [6.45, 7) is 3.94. The second-order valence-corrected chi connectivity index (χ2v) is 5.48. The molecule has 3 nitrogen and oxygen atoms in total. The van der Waals surface area contributed by atoms with Crippen molar-refractivity contribution in [2.45, 2.75) is 13.8 Å². The molecule has 0 atom stereocenters. The molecule has 1 aromatic heterocycles. The molecule has 0 aliphatic carbocycles. The van der Waals surface area contributed by atoms with Crippen LogP contribution in [0.4, 0.5) is 14.5 Å². The lowest BCUT2D eigenvalue weighted by Crippen LogP contribution is -2.31. The standard InChI is InChI=1S/C19H16F2N2O/c1-3-23(13-8-9-16(20)17(21)11-13)19(24)15-10-12(2)22-18-7-5-4-6-14(15)18/h4-11H,3H2,1-2H3. The fourth-order valence-corrected chi connectivity index (χ4v) is 2.73. The number of pyridine rings is 1. The summed E-state index contributed by atoms with van der Waals surface area (Å²) in [5, 5.41) is 0.731. The topological polar surface area (TPSA) is 33.2 Å². The van der Waals surface area contributed by atoms with Gasteiger partial charge in [-0.2, -0.15) is 0 Å². The van der Waals surface area contributed by atoms with Gasteiger partial charge in [0.15, 0.2) is 11.6 Å². The summed E-state index contributed by atoms with van der Waals surface area (Å²) in [5.74, 6) is -2.19. The molecule has 3 aromatic rings. The minimum Gasteiger partial charge on any atom is -0.309 e. The zero-order chi connectivity index (χ0) is 17.3. The SMILES string of the molecule is CCN(C(=O)c1cc(C)nc2ccccc12)c1ccc(F)c(F)c1. The van der Waals surface area contributed by atoms with Gasteiger partial charge in [-0.25, -0.2) is 8.78 Å². The molecule has 0 aliphatic rings. The van der Waals surface area contributed by atoms with Gasteiger partial charge in [0.2, 0.25) is 0 Å². The highest BCUT2D eigenvalue weighted by Gasteiger charge is 2.20. The molecule has 0 N–H and O–H groups in total. The van der Waals surface area contributed by atoms with Crippen molar-refractivity contribution in [3.05, 3.63) is 71.4 Å². The zero-order valence-electron chi connectivity index (χ0n) is 13.4. The van der Waals surface area contributed by atoms with Gasteiger partial charge in [-0.05, 0) is 38.1 Å². The van der Waals surface area contributed by atoms with E-state index in [1.807, 2.05) is 31.2 Å². The van der Waals surface area contributed by atoms with E-state index in [-0.39, 0.29) is 5.91 Å². The molecule has 0 unspecified atom stereocenters. The molecular weight excluding hydrogens is 310 g/mol. The van der Waals surface area contributed by atoms with E-state index in [9.17, 15) is 13.6 Å². The molecule has 24 heavy (non-hydrogen) atoms. The molecule has 0 radical (unpaired) electrons. The second kappa shape index (κ2) is 6.35. The number of hydrogen-bond donors (Lipinski definition) is 0. The molecule has 122 valence electrons. The summed E-state index contributed by atoms with van der Waals surface area (Å²) in [6, 6.07) is 12.5. The molecule has 0 fully saturated rings. The summed E-state index contributed by atoms with van der Waals surface area (Å²) in [4.78, 5) is 18.9. The van der Waals surface area contributed by atoms with Crippen molar-refractivity contribution in [1.82, 2.24) is 4.98 Å². The van der Waals surface area contributed by atoms with E-state index in [1.54, 1.807) is 13.0 Å². The minimum absolute atomic E-state index is 0.273. The monoisotopic (exact) mass is 326 g/mol. The van der Waals surface area contributed by atoms with Crippen molar-refractivity contribution in [2.24, 2.45) is 0 Å². The Labute approximate surface area is 138 Å². The normalized spacial score (nSPS) is 10.8. The number of anilines is 1. The predicted molar refractivity (Wildman–Crippen MR) is 90.2 cm³/mol. The Kier molecular flexibility index (Phi) is 4.25. The van der Waals surface area contributed by atoms with E-state index in [4.69, 9.17) is 0 Å². The summed E-state index contributed by atoms with van der Waals surface area (Å²) in [6.07, 6.45) is 0. The molecular formula is C19H16F2N2O. The molecule has 0 saturated carbocycles. The van der Waals surface area contributed by atoms with Gasteiger partial charge in [0.1, 0.15) is 0 Å². The molecule has 5 heteroatoms. The van der Waals surface area contributed by atoms with Crippen LogP contribution in [0.3, 0.4) is 0 Å². The molecule has 2 aromatic carbocycles. The van der Waals surface area contributed by atoms with Gasteiger partial charge < -0.3 is 4.90 Å². The minimum atomic E-state index is -0.977. The van der Waals surface area contributed by atoms with Crippen LogP contribution in [0.5, 0.6) is 0 Å². The Balaban J connectivity index is 2.11. The number of amides is 1. The highest BCUT2D eigenvalue weighted by molar-refractivity contribution is 6.13. The molecule has 3 rings (SSSR count). The van der Waals surface area contributed by atoms with Crippen molar-refractivity contribution < 1.29 is 13.6 Å². The van der Waals surface area contributed by atoms with E-state index in [1.165, 1.54) is 11.0 Å². The molecule has 0 saturated heterocycles. The van der Waals surface area contributed by atoms with Crippen LogP contribution in [-0.4, -0.2) is 17.4 Å². The quantitative estimate of drug-likeness (QED) is 0.710. The third kappa shape index (κ3) is 2.85. The zero-order valence-corrected chi connectivity index (χ0v) is 13.4. The summed E-state index contributed by atoms with van der Waals surface area (Å²) in [7, 11) is 0. The highest BCUT2D eigenvalue weighted by atomic mass is 19.2. The van der Waals surface area contributed by atoms with Crippen LogP contribution >= 0.6 is 0 Å². The van der Waals surface area contributed by atoms with E-state index in [0.29, 0.717) is 17.8 Å². The van der Waals surface area contributed by atoms with Crippen molar-refractivity contribution in [1.29, 1.82) is 0 Å². The van der Waals surface area contributed by atoms with Crippen LogP contribution in [0.1, 0.15) is 23.0 Å². The van der Waals surface area contributed by atoms with Crippen molar-refractivity contribution in [3.8, 4) is 0 Å². The Morgan fingerprint density at radius 3 is 2.54 bits per heavy atom. The van der Waals surface area contributed by atoms with Gasteiger partial charge in [-0.3, -0.25) is 9.78 Å². The van der Waals surface area contributed by atoms with Crippen LogP contribution in [0.2, 0.25) is 0 Å². The van der Waals surface area contributed by atoms with Gasteiger partial charge in [-0.15, -0.1) is 0 Å². The van der Waals surface area contributed by atoms with Crippen molar-refractivity contribution in [2.75, 3.05) is 11.4 Å². The Bertz CT molecular complexity index is 924. The molecule has 0 spiro atoms. The smallest absolute Gasteiger partial charge is 0.259 e. The number of benzene rings is 2. The predicted octanol–water partition coefficient (Wildman–Crippen LogP) is 4.49. The van der Waals surface area contributed by atoms with Gasteiger partial charge in [-0.1, -0.05) is 18.2 Å². The largest absolute Gasteiger partial charge is 0.309 e. The summed E-state index contributed by atoms with van der Waals surface area (Å²) in [5.41, 5.74) is 2.25. The third-order valence-corrected chi connectivity index (χ3v) is 3.85. The molecule has 0 aliphatic heterocycles. The van der Waals surface area contributed by atoms with E-state index < -0.39 is 11.6 Å².